The Morgan fingerprint density at radius 1 is 0.370 bits per heavy atom. The summed E-state index contributed by atoms with van der Waals surface area (Å²) >= 11 is 3.60. The molecule has 5 aromatic heterocycles. The van der Waals surface area contributed by atoms with Crippen LogP contribution >= 0.6 is 22.7 Å². The molecule has 12 aromatic carbocycles. The Kier molecular flexibility index (Phi) is 9.82. The number of hydrogen-bond donors (Lipinski definition) is 0. The molecule has 5 nitrogen and oxygen atoms in total. The van der Waals surface area contributed by atoms with Crippen LogP contribution in [-0.4, -0.2) is 9.13 Å². The van der Waals surface area contributed by atoms with Crippen LogP contribution in [-0.2, 0) is 0 Å². The molecule has 17 aromatic rings. The summed E-state index contributed by atoms with van der Waals surface area (Å²) in [5.74, 6) is 0. The fourth-order valence-corrected chi connectivity index (χ4v) is 15.5. The highest BCUT2D eigenvalue weighted by atomic mass is 32.1. The van der Waals surface area contributed by atoms with E-state index in [0.717, 1.165) is 130 Å². The number of thiophene rings is 2. The lowest BCUT2D eigenvalue weighted by Crippen LogP contribution is -2.09. The SMILES string of the molecule is [C-]#[N+]c1c(-c2ccccc2)c(C#N)c(-n2c3c(ccc4c5ccccc5sc43)c3ccc4c5cc(-c6ccccc6)ccc5sc4c32)c(-c2ccccc2)c1-n1c2ccccc2c2ccc(-c3ccc4oc5ccccc5c4c3)cc21. The Morgan fingerprint density at radius 3 is 1.59 bits per heavy atom. The fourth-order valence-electron chi connectivity index (χ4n) is 13.1. The van der Waals surface area contributed by atoms with Crippen molar-refractivity contribution in [2.75, 3.05) is 0 Å². The third-order valence-electron chi connectivity index (χ3n) is 16.6. The second-order valence-corrected chi connectivity index (χ2v) is 22.9. The third-order valence-corrected chi connectivity index (χ3v) is 19.0. The molecule has 374 valence electrons. The van der Waals surface area contributed by atoms with E-state index in [0.29, 0.717) is 22.5 Å². The van der Waals surface area contributed by atoms with Gasteiger partial charge in [-0.15, -0.1) is 22.7 Å². The van der Waals surface area contributed by atoms with Crippen molar-refractivity contribution in [2.45, 2.75) is 0 Å². The lowest BCUT2D eigenvalue weighted by Gasteiger charge is -2.26. The minimum atomic E-state index is 0.396. The maximum absolute atomic E-state index is 12.4. The Labute approximate surface area is 471 Å². The summed E-state index contributed by atoms with van der Waals surface area (Å²) in [6.45, 7) is 9.54. The van der Waals surface area contributed by atoms with Crippen LogP contribution in [0.3, 0.4) is 0 Å². The van der Waals surface area contributed by atoms with Gasteiger partial charge >= 0.3 is 0 Å². The van der Waals surface area contributed by atoms with E-state index in [1.807, 2.05) is 48.5 Å². The van der Waals surface area contributed by atoms with Crippen molar-refractivity contribution in [3.63, 3.8) is 0 Å². The molecule has 5 heterocycles. The maximum atomic E-state index is 12.4. The second kappa shape index (κ2) is 17.5. The zero-order valence-corrected chi connectivity index (χ0v) is 44.7. The summed E-state index contributed by atoms with van der Waals surface area (Å²) in [4.78, 5) is 4.65. The van der Waals surface area contributed by atoms with Crippen LogP contribution < -0.4 is 0 Å². The van der Waals surface area contributed by atoms with Gasteiger partial charge in [-0.25, -0.2) is 4.85 Å². The molecule has 0 unspecified atom stereocenters. The van der Waals surface area contributed by atoms with Gasteiger partial charge in [-0.05, 0) is 81.9 Å². The first-order chi connectivity index (χ1) is 40.1. The summed E-state index contributed by atoms with van der Waals surface area (Å²) in [5, 5.41) is 23.5. The van der Waals surface area contributed by atoms with Crippen LogP contribution in [0.2, 0.25) is 0 Å². The topological polar surface area (TPSA) is 51.1 Å². The minimum Gasteiger partial charge on any atom is -0.456 e. The average Bonchev–Trinajstić information content (AvgIpc) is 2.70. The van der Waals surface area contributed by atoms with E-state index in [4.69, 9.17) is 4.42 Å². The van der Waals surface area contributed by atoms with E-state index in [-0.39, 0.29) is 0 Å². The van der Waals surface area contributed by atoms with Gasteiger partial charge in [0.2, 0.25) is 5.69 Å². The molecule has 0 atom stereocenters. The van der Waals surface area contributed by atoms with Gasteiger partial charge in [0.15, 0.2) is 0 Å². The van der Waals surface area contributed by atoms with E-state index in [1.54, 1.807) is 22.7 Å². The molecule has 0 radical (unpaired) electrons. The van der Waals surface area contributed by atoms with Gasteiger partial charge in [-0.3, -0.25) is 0 Å². The number of rotatable bonds is 6. The van der Waals surface area contributed by atoms with Crippen molar-refractivity contribution >= 4 is 134 Å². The number of benzene rings is 12. The highest BCUT2D eigenvalue weighted by molar-refractivity contribution is 7.27. The molecule has 0 aliphatic heterocycles. The van der Waals surface area contributed by atoms with Crippen LogP contribution in [0.15, 0.2) is 247 Å². The van der Waals surface area contributed by atoms with Gasteiger partial charge in [0.1, 0.15) is 17.2 Å². The Hall–Kier alpha value is -10.5. The monoisotopic (exact) mass is 1060 g/mol. The predicted octanol–water partition coefficient (Wildman–Crippen LogP) is 21.6. The molecule has 0 bridgehead atoms. The third kappa shape index (κ3) is 6.56. The molecule has 0 amide bonds. The largest absolute Gasteiger partial charge is 0.456 e. The number of hydrogen-bond acceptors (Lipinski definition) is 4. The Morgan fingerprint density at radius 2 is 0.877 bits per heavy atom. The average molecular weight is 1070 g/mol. The van der Waals surface area contributed by atoms with Crippen LogP contribution in [0.25, 0.3) is 167 Å². The Balaban J connectivity index is 1.09. The van der Waals surface area contributed by atoms with Gasteiger partial charge in [0.05, 0.1) is 55.0 Å². The standard InChI is InChI=1S/C74H40N4OS2/c1-76-68-66(44-19-7-3-8-20-44)59(42-75)69(78-70-53(33-35-55-52-25-13-16-28-64(52)80-73(55)70)54-34-36-56-58-40-46(43-17-5-2-6-18-43)31-38-65(58)81-74(56)71(54)78)67(45-21-9-4-10-22-45)72(68)77-60-26-14-11-23-49(60)50-32-29-48(41-61(50)77)47-30-37-63-57(39-47)51-24-12-15-27-62(51)79-63/h2-41H. The number of para-hydroxylation sites is 2. The molecule has 0 aliphatic rings. The second-order valence-electron chi connectivity index (χ2n) is 20.8. The highest BCUT2D eigenvalue weighted by Gasteiger charge is 2.33. The van der Waals surface area contributed by atoms with Crippen LogP contribution in [0, 0.1) is 17.9 Å². The number of furan rings is 1. The lowest BCUT2D eigenvalue weighted by molar-refractivity contribution is 0.669. The van der Waals surface area contributed by atoms with Crippen molar-refractivity contribution in [3.8, 4) is 62.0 Å². The normalized spacial score (nSPS) is 11.9. The quantitative estimate of drug-likeness (QED) is 0.156. The zero-order chi connectivity index (χ0) is 53.4. The first-order valence-corrected chi connectivity index (χ1v) is 28.6. The van der Waals surface area contributed by atoms with Crippen LogP contribution in [0.1, 0.15) is 5.56 Å². The Bertz CT molecular complexity index is 5610. The van der Waals surface area contributed by atoms with Gasteiger partial charge in [0.25, 0.3) is 0 Å². The summed E-state index contributed by atoms with van der Waals surface area (Å²) in [6.07, 6.45) is 0. The van der Waals surface area contributed by atoms with E-state index in [9.17, 15) is 11.8 Å². The number of fused-ring (bicyclic) bond motifs is 17. The zero-order valence-electron chi connectivity index (χ0n) is 43.1. The van der Waals surface area contributed by atoms with E-state index < -0.39 is 0 Å². The molecule has 0 N–H and O–H groups in total. The molecular formula is C74H40N4OS2. The molecule has 17 rings (SSSR count). The molecule has 0 fully saturated rings. The van der Waals surface area contributed by atoms with Crippen molar-refractivity contribution in [3.05, 3.63) is 260 Å². The van der Waals surface area contributed by atoms with Crippen molar-refractivity contribution in [1.82, 2.24) is 9.13 Å². The van der Waals surface area contributed by atoms with Gasteiger partial charge in [-0.2, -0.15) is 5.26 Å². The summed E-state index contributed by atoms with van der Waals surface area (Å²) in [7, 11) is 0. The first kappa shape index (κ1) is 45.5. The lowest BCUT2D eigenvalue weighted by atomic mass is 9.88. The number of nitriles is 1. The smallest absolute Gasteiger partial charge is 0.220 e. The molecule has 0 saturated carbocycles. The summed E-state index contributed by atoms with van der Waals surface area (Å²) in [5.41, 5.74) is 15.4. The van der Waals surface area contributed by atoms with Crippen LogP contribution in [0.4, 0.5) is 5.69 Å². The molecule has 0 spiro atoms. The molecule has 0 saturated heterocycles. The van der Waals surface area contributed by atoms with Gasteiger partial charge < -0.3 is 13.6 Å². The van der Waals surface area contributed by atoms with Crippen LogP contribution in [0.5, 0.6) is 0 Å². The maximum Gasteiger partial charge on any atom is 0.220 e. The molecular weight excluding hydrogens is 1020 g/mol. The summed E-state index contributed by atoms with van der Waals surface area (Å²) < 4.78 is 15.7. The number of nitrogens with zero attached hydrogens (tertiary/aromatic N) is 4. The van der Waals surface area contributed by atoms with Gasteiger partial charge in [0, 0.05) is 74.4 Å². The van der Waals surface area contributed by atoms with E-state index in [2.05, 4.69) is 214 Å². The van der Waals surface area contributed by atoms with Gasteiger partial charge in [-0.1, -0.05) is 194 Å². The van der Waals surface area contributed by atoms with Crippen molar-refractivity contribution in [2.24, 2.45) is 0 Å². The number of aromatic nitrogens is 2. The van der Waals surface area contributed by atoms with E-state index in [1.165, 1.54) is 20.2 Å². The predicted molar refractivity (Wildman–Crippen MR) is 341 cm³/mol. The fraction of sp³-hybridized carbons (Fsp3) is 0. The van der Waals surface area contributed by atoms with Crippen molar-refractivity contribution < 1.29 is 4.42 Å². The minimum absolute atomic E-state index is 0.396. The highest BCUT2D eigenvalue weighted by Crippen LogP contribution is 2.55. The molecule has 0 aliphatic carbocycles. The first-order valence-electron chi connectivity index (χ1n) is 27.0. The molecule has 81 heavy (non-hydrogen) atoms. The van der Waals surface area contributed by atoms with Crippen molar-refractivity contribution in [1.29, 1.82) is 5.26 Å². The molecule has 7 heteroatoms. The van der Waals surface area contributed by atoms with E-state index >= 15 is 0 Å². The summed E-state index contributed by atoms with van der Waals surface area (Å²) in [6, 6.07) is 88.7.